The van der Waals surface area contributed by atoms with Gasteiger partial charge in [-0.15, -0.1) is 0 Å². The third-order valence-electron chi connectivity index (χ3n) is 2.33. The van der Waals surface area contributed by atoms with Crippen LogP contribution in [0.3, 0.4) is 0 Å². The van der Waals surface area contributed by atoms with Crippen LogP contribution in [0.15, 0.2) is 20.3 Å². The molecule has 2 aromatic rings. The Morgan fingerprint density at radius 3 is 2.95 bits per heavy atom. The van der Waals surface area contributed by atoms with Crippen LogP contribution in [0.25, 0.3) is 0 Å². The first-order valence-electron chi connectivity index (χ1n) is 5.78. The lowest BCUT2D eigenvalue weighted by Gasteiger charge is -2.07. The molecular formula is C11H14BrN5OS. The van der Waals surface area contributed by atoms with Crippen molar-refractivity contribution in [2.24, 2.45) is 0 Å². The van der Waals surface area contributed by atoms with Crippen molar-refractivity contribution in [3.8, 4) is 0 Å². The van der Waals surface area contributed by atoms with Crippen LogP contribution in [0.2, 0.25) is 0 Å². The standard InChI is InChI=1S/C11H14BrN5OS/c1-7-15-9(18-17-7)4-3-5-13-10-8(12)6-14-11(16-10)19-2/h6H,3-5H2,1-2H3,(H,13,14,16). The van der Waals surface area contributed by atoms with Gasteiger partial charge in [-0.2, -0.15) is 4.98 Å². The smallest absolute Gasteiger partial charge is 0.226 e. The summed E-state index contributed by atoms with van der Waals surface area (Å²) in [4.78, 5) is 12.7. The number of hydrogen-bond donors (Lipinski definition) is 1. The summed E-state index contributed by atoms with van der Waals surface area (Å²) in [6.07, 6.45) is 5.35. The predicted molar refractivity (Wildman–Crippen MR) is 77.4 cm³/mol. The zero-order valence-corrected chi connectivity index (χ0v) is 13.1. The number of aromatic nitrogens is 4. The lowest BCUT2D eigenvalue weighted by Crippen LogP contribution is -2.06. The number of thioether (sulfide) groups is 1. The fourth-order valence-electron chi connectivity index (χ4n) is 1.46. The van der Waals surface area contributed by atoms with E-state index in [1.807, 2.05) is 13.2 Å². The normalized spacial score (nSPS) is 10.7. The number of nitrogens with zero attached hydrogens (tertiary/aromatic N) is 4. The molecule has 0 unspecified atom stereocenters. The Morgan fingerprint density at radius 1 is 1.42 bits per heavy atom. The number of nitrogens with one attached hydrogen (secondary N) is 1. The molecule has 0 atom stereocenters. The highest BCUT2D eigenvalue weighted by Gasteiger charge is 2.05. The summed E-state index contributed by atoms with van der Waals surface area (Å²) in [5.74, 6) is 2.15. The lowest BCUT2D eigenvalue weighted by molar-refractivity contribution is 0.373. The van der Waals surface area contributed by atoms with E-state index in [0.717, 1.165) is 34.8 Å². The summed E-state index contributed by atoms with van der Waals surface area (Å²) in [5, 5.41) is 7.76. The number of rotatable bonds is 6. The maximum absolute atomic E-state index is 5.05. The van der Waals surface area contributed by atoms with Gasteiger partial charge in [-0.25, -0.2) is 9.97 Å². The third-order valence-corrected chi connectivity index (χ3v) is 3.48. The average molecular weight is 344 g/mol. The zero-order valence-electron chi connectivity index (χ0n) is 10.7. The number of halogens is 1. The van der Waals surface area contributed by atoms with Gasteiger partial charge in [0.15, 0.2) is 11.0 Å². The van der Waals surface area contributed by atoms with Crippen molar-refractivity contribution in [1.82, 2.24) is 20.1 Å². The summed E-state index contributed by atoms with van der Waals surface area (Å²) in [7, 11) is 0. The lowest BCUT2D eigenvalue weighted by atomic mass is 10.3. The highest BCUT2D eigenvalue weighted by atomic mass is 79.9. The van der Waals surface area contributed by atoms with Crippen LogP contribution in [0, 0.1) is 6.92 Å². The van der Waals surface area contributed by atoms with Gasteiger partial charge in [-0.05, 0) is 35.5 Å². The molecule has 19 heavy (non-hydrogen) atoms. The molecule has 8 heteroatoms. The van der Waals surface area contributed by atoms with Crippen molar-refractivity contribution >= 4 is 33.5 Å². The molecule has 0 aliphatic rings. The van der Waals surface area contributed by atoms with Gasteiger partial charge in [-0.3, -0.25) is 0 Å². The molecule has 0 saturated heterocycles. The molecule has 0 spiro atoms. The topological polar surface area (TPSA) is 76.7 Å². The van der Waals surface area contributed by atoms with Gasteiger partial charge in [-0.1, -0.05) is 16.9 Å². The van der Waals surface area contributed by atoms with E-state index >= 15 is 0 Å². The first-order valence-corrected chi connectivity index (χ1v) is 7.80. The van der Waals surface area contributed by atoms with E-state index in [0.29, 0.717) is 11.7 Å². The molecule has 0 aliphatic carbocycles. The van der Waals surface area contributed by atoms with E-state index in [-0.39, 0.29) is 0 Å². The summed E-state index contributed by atoms with van der Waals surface area (Å²) in [6, 6.07) is 0. The van der Waals surface area contributed by atoms with Gasteiger partial charge in [0.1, 0.15) is 5.82 Å². The first kappa shape index (κ1) is 14.3. The van der Waals surface area contributed by atoms with E-state index in [2.05, 4.69) is 41.4 Å². The maximum atomic E-state index is 5.05. The minimum atomic E-state index is 0.672. The molecule has 0 aromatic carbocycles. The molecule has 0 bridgehead atoms. The van der Waals surface area contributed by atoms with E-state index in [1.54, 1.807) is 6.20 Å². The summed E-state index contributed by atoms with van der Waals surface area (Å²) in [5.41, 5.74) is 0. The highest BCUT2D eigenvalue weighted by Crippen LogP contribution is 2.21. The van der Waals surface area contributed by atoms with E-state index in [1.165, 1.54) is 11.8 Å². The Morgan fingerprint density at radius 2 is 2.26 bits per heavy atom. The molecule has 2 aromatic heterocycles. The van der Waals surface area contributed by atoms with Crippen LogP contribution in [0.1, 0.15) is 18.1 Å². The van der Waals surface area contributed by atoms with Gasteiger partial charge < -0.3 is 9.84 Å². The maximum Gasteiger partial charge on any atom is 0.226 e. The van der Waals surface area contributed by atoms with Crippen molar-refractivity contribution in [1.29, 1.82) is 0 Å². The molecule has 0 saturated carbocycles. The van der Waals surface area contributed by atoms with E-state index < -0.39 is 0 Å². The van der Waals surface area contributed by atoms with Gasteiger partial charge >= 0.3 is 0 Å². The van der Waals surface area contributed by atoms with Crippen LogP contribution < -0.4 is 5.32 Å². The fourth-order valence-corrected chi connectivity index (χ4v) is 2.13. The average Bonchev–Trinajstić information content (AvgIpc) is 2.82. The summed E-state index contributed by atoms with van der Waals surface area (Å²) < 4.78 is 5.91. The number of aryl methyl sites for hydroxylation is 2. The first-order chi connectivity index (χ1) is 9.19. The number of anilines is 1. The Bertz CT molecular complexity index is 548. The van der Waals surface area contributed by atoms with Crippen molar-refractivity contribution in [3.05, 3.63) is 22.4 Å². The van der Waals surface area contributed by atoms with Crippen LogP contribution in [-0.4, -0.2) is 32.9 Å². The molecule has 2 heterocycles. The largest absolute Gasteiger partial charge is 0.369 e. The molecule has 0 aliphatic heterocycles. The van der Waals surface area contributed by atoms with Crippen molar-refractivity contribution in [2.75, 3.05) is 18.1 Å². The minimum absolute atomic E-state index is 0.672. The SMILES string of the molecule is CSc1ncc(Br)c(NCCCc2nc(C)no2)n1. The Kier molecular flexibility index (Phi) is 5.15. The Labute approximate surface area is 123 Å². The van der Waals surface area contributed by atoms with Crippen molar-refractivity contribution in [3.63, 3.8) is 0 Å². The Hall–Kier alpha value is -1.15. The van der Waals surface area contributed by atoms with E-state index in [4.69, 9.17) is 4.52 Å². The van der Waals surface area contributed by atoms with Crippen molar-refractivity contribution in [2.45, 2.75) is 24.9 Å². The minimum Gasteiger partial charge on any atom is -0.369 e. The molecular weight excluding hydrogens is 330 g/mol. The van der Waals surface area contributed by atoms with Crippen LogP contribution in [0.5, 0.6) is 0 Å². The van der Waals surface area contributed by atoms with Crippen molar-refractivity contribution < 1.29 is 4.52 Å². The van der Waals surface area contributed by atoms with Gasteiger partial charge in [0.05, 0.1) is 4.47 Å². The molecule has 0 fully saturated rings. The molecule has 1 N–H and O–H groups in total. The van der Waals surface area contributed by atoms with Gasteiger partial charge in [0.25, 0.3) is 0 Å². The molecule has 0 radical (unpaired) electrons. The quantitative estimate of drug-likeness (QED) is 0.490. The third kappa shape index (κ3) is 4.17. The second-order valence-electron chi connectivity index (χ2n) is 3.82. The van der Waals surface area contributed by atoms with Crippen LogP contribution >= 0.6 is 27.7 Å². The fraction of sp³-hybridized carbons (Fsp3) is 0.455. The summed E-state index contributed by atoms with van der Waals surface area (Å²) >= 11 is 4.94. The zero-order chi connectivity index (χ0) is 13.7. The number of hydrogen-bond acceptors (Lipinski definition) is 7. The van der Waals surface area contributed by atoms with E-state index in [9.17, 15) is 0 Å². The van der Waals surface area contributed by atoms with Crippen LogP contribution in [0.4, 0.5) is 5.82 Å². The molecule has 2 rings (SSSR count). The van der Waals surface area contributed by atoms with Gasteiger partial charge in [0.2, 0.25) is 5.89 Å². The molecule has 0 amide bonds. The monoisotopic (exact) mass is 343 g/mol. The predicted octanol–water partition coefficient (Wildman–Crippen LogP) is 2.70. The van der Waals surface area contributed by atoms with Crippen LogP contribution in [-0.2, 0) is 6.42 Å². The van der Waals surface area contributed by atoms with Gasteiger partial charge in [0, 0.05) is 19.2 Å². The highest BCUT2D eigenvalue weighted by molar-refractivity contribution is 9.10. The summed E-state index contributed by atoms with van der Waals surface area (Å²) in [6.45, 7) is 2.60. The Balaban J connectivity index is 1.82. The second kappa shape index (κ2) is 6.85. The second-order valence-corrected chi connectivity index (χ2v) is 5.45. The molecule has 102 valence electrons. The molecule has 6 nitrogen and oxygen atoms in total.